The van der Waals surface area contributed by atoms with Crippen LogP contribution in [0.3, 0.4) is 0 Å². The number of aryl methyl sites for hydroxylation is 1. The van der Waals surface area contributed by atoms with E-state index in [1.807, 2.05) is 0 Å². The molecule has 2 amide bonds. The number of carbonyl (C=O) groups excluding carboxylic acids is 2. The Morgan fingerprint density at radius 3 is 2.54 bits per heavy atom. The average molecular weight is 390 g/mol. The lowest BCUT2D eigenvalue weighted by Gasteiger charge is -2.31. The van der Waals surface area contributed by atoms with Gasteiger partial charge < -0.3 is 19.6 Å². The van der Waals surface area contributed by atoms with Gasteiger partial charge in [0.2, 0.25) is 5.91 Å². The van der Waals surface area contributed by atoms with Gasteiger partial charge in [0.25, 0.3) is 5.91 Å². The zero-order valence-corrected chi connectivity index (χ0v) is 15.2. The number of carboxylic acid groups (broad SMARTS) is 1. The van der Waals surface area contributed by atoms with E-state index in [1.54, 1.807) is 6.92 Å². The summed E-state index contributed by atoms with van der Waals surface area (Å²) in [5.41, 5.74) is 0. The van der Waals surface area contributed by atoms with Crippen LogP contribution in [0, 0.1) is 12.8 Å². The van der Waals surface area contributed by atoms with E-state index in [1.165, 1.54) is 18.0 Å². The van der Waals surface area contributed by atoms with E-state index < -0.39 is 24.4 Å². The SMILES string of the molecule is Cc1cc(OC(F)F)c(C(=O)N(C)CC(=O)N2CCC(C(=O)O)CC2)s1. The van der Waals surface area contributed by atoms with Crippen molar-refractivity contribution in [3.63, 3.8) is 0 Å². The van der Waals surface area contributed by atoms with E-state index in [4.69, 9.17) is 5.11 Å². The number of likely N-dealkylation sites (tertiary alicyclic amines) is 1. The molecule has 1 aliphatic heterocycles. The van der Waals surface area contributed by atoms with Crippen molar-refractivity contribution in [2.45, 2.75) is 26.4 Å². The zero-order valence-electron chi connectivity index (χ0n) is 14.4. The van der Waals surface area contributed by atoms with Crippen LogP contribution in [-0.2, 0) is 9.59 Å². The first-order valence-electron chi connectivity index (χ1n) is 8.00. The second-order valence-corrected chi connectivity index (χ2v) is 7.34. The number of thiophene rings is 1. The second kappa shape index (κ2) is 8.43. The predicted octanol–water partition coefficient (Wildman–Crippen LogP) is 2.05. The third-order valence-corrected chi connectivity index (χ3v) is 5.17. The number of carbonyl (C=O) groups is 3. The van der Waals surface area contributed by atoms with Crippen LogP contribution in [-0.4, -0.2) is 66.0 Å². The van der Waals surface area contributed by atoms with E-state index in [2.05, 4.69) is 4.74 Å². The first-order valence-corrected chi connectivity index (χ1v) is 8.82. The average Bonchev–Trinajstić information content (AvgIpc) is 2.93. The Morgan fingerprint density at radius 1 is 1.38 bits per heavy atom. The highest BCUT2D eigenvalue weighted by atomic mass is 32.1. The quantitative estimate of drug-likeness (QED) is 0.803. The fourth-order valence-electron chi connectivity index (χ4n) is 2.75. The van der Waals surface area contributed by atoms with Gasteiger partial charge in [-0.25, -0.2) is 0 Å². The van der Waals surface area contributed by atoms with Crippen LogP contribution in [0.25, 0.3) is 0 Å². The van der Waals surface area contributed by atoms with E-state index in [-0.39, 0.29) is 23.1 Å². The van der Waals surface area contributed by atoms with Crippen LogP contribution in [0.5, 0.6) is 5.75 Å². The van der Waals surface area contributed by atoms with E-state index in [0.29, 0.717) is 30.8 Å². The molecule has 1 saturated heterocycles. The summed E-state index contributed by atoms with van der Waals surface area (Å²) in [5.74, 6) is -2.42. The highest BCUT2D eigenvalue weighted by Crippen LogP contribution is 2.31. The van der Waals surface area contributed by atoms with Crippen LogP contribution in [0.4, 0.5) is 8.78 Å². The van der Waals surface area contributed by atoms with Crippen molar-refractivity contribution >= 4 is 29.1 Å². The Hall–Kier alpha value is -2.23. The largest absolute Gasteiger partial charge is 0.481 e. The van der Waals surface area contributed by atoms with Crippen molar-refractivity contribution in [1.82, 2.24) is 9.80 Å². The molecular formula is C16H20F2N2O5S. The van der Waals surface area contributed by atoms with Gasteiger partial charge in [0.05, 0.1) is 12.5 Å². The molecule has 0 spiro atoms. The molecule has 1 N–H and O–H groups in total. The summed E-state index contributed by atoms with van der Waals surface area (Å²) in [6, 6.07) is 1.36. The van der Waals surface area contributed by atoms with Crippen molar-refractivity contribution in [3.05, 3.63) is 15.8 Å². The molecule has 0 bridgehead atoms. The summed E-state index contributed by atoms with van der Waals surface area (Å²) in [6.45, 7) is -0.970. The molecular weight excluding hydrogens is 370 g/mol. The van der Waals surface area contributed by atoms with Gasteiger partial charge in [-0.15, -0.1) is 11.3 Å². The monoisotopic (exact) mass is 390 g/mol. The molecule has 0 radical (unpaired) electrons. The fourth-order valence-corrected chi connectivity index (χ4v) is 3.69. The molecule has 10 heteroatoms. The van der Waals surface area contributed by atoms with Crippen LogP contribution >= 0.6 is 11.3 Å². The molecule has 0 saturated carbocycles. The highest BCUT2D eigenvalue weighted by Gasteiger charge is 2.29. The lowest BCUT2D eigenvalue weighted by Crippen LogP contribution is -2.45. The van der Waals surface area contributed by atoms with E-state index in [0.717, 1.165) is 16.2 Å². The predicted molar refractivity (Wildman–Crippen MR) is 89.6 cm³/mol. The van der Waals surface area contributed by atoms with Crippen molar-refractivity contribution in [2.75, 3.05) is 26.7 Å². The minimum Gasteiger partial charge on any atom is -0.481 e. The second-order valence-electron chi connectivity index (χ2n) is 6.08. The van der Waals surface area contributed by atoms with Crippen molar-refractivity contribution < 1.29 is 33.0 Å². The van der Waals surface area contributed by atoms with E-state index >= 15 is 0 Å². The van der Waals surface area contributed by atoms with Gasteiger partial charge in [-0.3, -0.25) is 14.4 Å². The zero-order chi connectivity index (χ0) is 19.4. The number of carboxylic acids is 1. The number of likely N-dealkylation sites (N-methyl/N-ethyl adjacent to an activating group) is 1. The molecule has 1 aliphatic rings. The Labute approximate surface area is 153 Å². The Balaban J connectivity index is 1.97. The first kappa shape index (κ1) is 20.1. The normalized spacial score (nSPS) is 15.2. The maximum Gasteiger partial charge on any atom is 0.387 e. The number of ether oxygens (including phenoxy) is 1. The summed E-state index contributed by atoms with van der Waals surface area (Å²) in [6.07, 6.45) is 0.741. The standard InChI is InChI=1S/C16H20F2N2O5S/c1-9-7-11(25-16(17)18)13(26-9)14(22)19(2)8-12(21)20-5-3-10(4-6-20)15(23)24/h7,10,16H,3-6,8H2,1-2H3,(H,23,24). The number of amides is 2. The van der Waals surface area contributed by atoms with Gasteiger partial charge >= 0.3 is 12.6 Å². The summed E-state index contributed by atoms with van der Waals surface area (Å²) in [7, 11) is 1.41. The molecule has 2 heterocycles. The van der Waals surface area contributed by atoms with Crippen LogP contribution in [0.2, 0.25) is 0 Å². The van der Waals surface area contributed by atoms with Crippen molar-refractivity contribution in [2.24, 2.45) is 5.92 Å². The molecule has 7 nitrogen and oxygen atoms in total. The smallest absolute Gasteiger partial charge is 0.387 e. The van der Waals surface area contributed by atoms with Gasteiger partial charge in [-0.2, -0.15) is 8.78 Å². The van der Waals surface area contributed by atoms with Gasteiger partial charge in [0, 0.05) is 25.0 Å². The molecule has 0 unspecified atom stereocenters. The number of hydrogen-bond acceptors (Lipinski definition) is 5. The van der Waals surface area contributed by atoms with Gasteiger partial charge in [0.1, 0.15) is 10.6 Å². The number of rotatable bonds is 6. The molecule has 1 aromatic heterocycles. The molecule has 0 atom stereocenters. The summed E-state index contributed by atoms with van der Waals surface area (Å²) >= 11 is 1.02. The lowest BCUT2D eigenvalue weighted by atomic mass is 9.97. The Morgan fingerprint density at radius 2 is 2.00 bits per heavy atom. The molecule has 0 aliphatic carbocycles. The van der Waals surface area contributed by atoms with E-state index in [9.17, 15) is 23.2 Å². The Kier molecular flexibility index (Phi) is 6.52. The molecule has 26 heavy (non-hydrogen) atoms. The number of aliphatic carboxylic acids is 1. The maximum atomic E-state index is 12.5. The number of piperidine rings is 1. The molecule has 0 aromatic carbocycles. The molecule has 2 rings (SSSR count). The first-order chi connectivity index (χ1) is 12.2. The topological polar surface area (TPSA) is 87.2 Å². The number of hydrogen-bond donors (Lipinski definition) is 1. The number of alkyl halides is 2. The van der Waals surface area contributed by atoms with Crippen molar-refractivity contribution in [3.8, 4) is 5.75 Å². The van der Waals surface area contributed by atoms with Gasteiger partial charge in [0.15, 0.2) is 0 Å². The fraction of sp³-hybridized carbons (Fsp3) is 0.562. The van der Waals surface area contributed by atoms with Crippen LogP contribution < -0.4 is 4.74 Å². The molecule has 144 valence electrons. The minimum absolute atomic E-state index is 0.0164. The maximum absolute atomic E-state index is 12.5. The van der Waals surface area contributed by atoms with Crippen molar-refractivity contribution in [1.29, 1.82) is 0 Å². The number of halogens is 2. The lowest BCUT2D eigenvalue weighted by molar-refractivity contribution is -0.145. The Bertz CT molecular complexity index is 686. The summed E-state index contributed by atoms with van der Waals surface area (Å²) in [4.78, 5) is 39.1. The molecule has 1 fully saturated rings. The summed E-state index contributed by atoms with van der Waals surface area (Å²) in [5, 5.41) is 8.98. The number of nitrogens with zero attached hydrogens (tertiary/aromatic N) is 2. The van der Waals surface area contributed by atoms with Gasteiger partial charge in [-0.05, 0) is 25.8 Å². The molecule has 1 aromatic rings. The third kappa shape index (κ3) is 4.90. The summed E-state index contributed by atoms with van der Waals surface area (Å²) < 4.78 is 29.3. The minimum atomic E-state index is -3.04. The third-order valence-electron chi connectivity index (χ3n) is 4.15. The highest BCUT2D eigenvalue weighted by molar-refractivity contribution is 7.14. The van der Waals surface area contributed by atoms with Crippen LogP contribution in [0.15, 0.2) is 6.07 Å². The van der Waals surface area contributed by atoms with Crippen LogP contribution in [0.1, 0.15) is 27.4 Å². The van der Waals surface area contributed by atoms with Gasteiger partial charge in [-0.1, -0.05) is 0 Å².